The number of rotatable bonds is 26. The maximum atomic E-state index is 2.67. The van der Waals surface area contributed by atoms with Crippen LogP contribution in [0.15, 0.2) is 12.4 Å². The van der Waals surface area contributed by atoms with Gasteiger partial charge < -0.3 is 9.80 Å². The zero-order valence-electron chi connectivity index (χ0n) is 24.0. The van der Waals surface area contributed by atoms with Gasteiger partial charge in [-0.2, -0.15) is 0 Å². The predicted octanol–water partition coefficient (Wildman–Crippen LogP) is 10.8. The molecule has 1 heterocycles. The zero-order chi connectivity index (χ0) is 24.5. The molecule has 0 aromatic heterocycles. The quantitative estimate of drug-likeness (QED) is 0.114. The van der Waals surface area contributed by atoms with E-state index in [1.54, 1.807) is 0 Å². The summed E-state index contributed by atoms with van der Waals surface area (Å²) in [6.45, 7) is 9.47. The van der Waals surface area contributed by atoms with Crippen LogP contribution in [0.5, 0.6) is 0 Å². The lowest BCUT2D eigenvalue weighted by molar-refractivity contribution is 0.136. The Hall–Kier alpha value is -0.660. The van der Waals surface area contributed by atoms with E-state index in [0.717, 1.165) is 0 Å². The van der Waals surface area contributed by atoms with Gasteiger partial charge in [0.05, 0.1) is 0 Å². The van der Waals surface area contributed by atoms with Gasteiger partial charge in [-0.1, -0.05) is 149 Å². The van der Waals surface area contributed by atoms with Gasteiger partial charge in [0.25, 0.3) is 0 Å². The Labute approximate surface area is 216 Å². The lowest BCUT2D eigenvalue weighted by Crippen LogP contribution is -2.39. The Balaban J connectivity index is 2.07. The number of hydrogen-bond acceptors (Lipinski definition) is 2. The summed E-state index contributed by atoms with van der Waals surface area (Å²) in [7, 11) is 0. The van der Waals surface area contributed by atoms with Gasteiger partial charge in [0.1, 0.15) is 6.17 Å². The van der Waals surface area contributed by atoms with Crippen molar-refractivity contribution in [2.45, 2.75) is 181 Å². The smallest absolute Gasteiger partial charge is 0.101 e. The van der Waals surface area contributed by atoms with E-state index in [4.69, 9.17) is 0 Å². The van der Waals surface area contributed by atoms with Crippen molar-refractivity contribution in [2.75, 3.05) is 13.1 Å². The van der Waals surface area contributed by atoms with Crippen molar-refractivity contribution in [3.05, 3.63) is 12.4 Å². The summed E-state index contributed by atoms with van der Waals surface area (Å²) < 4.78 is 0. The molecule has 1 atom stereocenters. The minimum absolute atomic E-state index is 0.640. The Morgan fingerprint density at radius 2 is 0.676 bits per heavy atom. The highest BCUT2D eigenvalue weighted by atomic mass is 15.4. The second kappa shape index (κ2) is 24.1. The summed E-state index contributed by atoms with van der Waals surface area (Å²) in [6, 6.07) is 0. The lowest BCUT2D eigenvalue weighted by Gasteiger charge is -2.33. The first-order valence-electron chi connectivity index (χ1n) is 16.0. The van der Waals surface area contributed by atoms with Gasteiger partial charge in [0.2, 0.25) is 0 Å². The average molecular weight is 477 g/mol. The Bertz CT molecular complexity index is 433. The van der Waals surface area contributed by atoms with Gasteiger partial charge in [0, 0.05) is 25.5 Å². The summed E-state index contributed by atoms with van der Waals surface area (Å²) in [4.78, 5) is 5.33. The van der Waals surface area contributed by atoms with E-state index in [9.17, 15) is 0 Å². The molecule has 2 heteroatoms. The van der Waals surface area contributed by atoms with Gasteiger partial charge in [-0.15, -0.1) is 0 Å². The fourth-order valence-corrected chi connectivity index (χ4v) is 5.47. The molecule has 0 aromatic rings. The van der Waals surface area contributed by atoms with Crippen molar-refractivity contribution < 1.29 is 0 Å². The van der Waals surface area contributed by atoms with E-state index in [2.05, 4.69) is 43.0 Å². The average Bonchev–Trinajstić information content (AvgIpc) is 3.23. The minimum atomic E-state index is 0.640. The second-order valence-electron chi connectivity index (χ2n) is 11.1. The largest absolute Gasteiger partial charge is 0.356 e. The van der Waals surface area contributed by atoms with Crippen LogP contribution < -0.4 is 0 Å². The van der Waals surface area contributed by atoms with Crippen molar-refractivity contribution >= 4 is 0 Å². The zero-order valence-corrected chi connectivity index (χ0v) is 24.0. The highest BCUT2D eigenvalue weighted by Crippen LogP contribution is 2.23. The third kappa shape index (κ3) is 16.9. The third-order valence-corrected chi connectivity index (χ3v) is 7.82. The molecule has 2 nitrogen and oxygen atoms in total. The van der Waals surface area contributed by atoms with Crippen molar-refractivity contribution in [1.29, 1.82) is 0 Å². The molecule has 1 aliphatic rings. The molecule has 0 fully saturated rings. The first kappa shape index (κ1) is 31.4. The summed E-state index contributed by atoms with van der Waals surface area (Å²) in [6.07, 6.45) is 39.5. The Kier molecular flexibility index (Phi) is 22.2. The minimum Gasteiger partial charge on any atom is -0.356 e. The van der Waals surface area contributed by atoms with Gasteiger partial charge in [0.15, 0.2) is 0 Å². The monoisotopic (exact) mass is 477 g/mol. The van der Waals surface area contributed by atoms with Crippen LogP contribution in [-0.2, 0) is 0 Å². The molecule has 202 valence electrons. The first-order chi connectivity index (χ1) is 16.8. The molecule has 1 rings (SSSR count). The van der Waals surface area contributed by atoms with Crippen LogP contribution in [0.3, 0.4) is 0 Å². The standard InChI is InChI=1S/C32H64N2/c1-4-7-10-12-14-16-17-18-20-22-24-26-29-34-31-30-33(32(34)27-9-6-3)28-25-23-21-19-15-13-11-8-5-2/h30-32H,4-29H2,1-3H3. The normalized spacial score (nSPS) is 15.7. The third-order valence-electron chi connectivity index (χ3n) is 7.82. The Morgan fingerprint density at radius 3 is 1.00 bits per heavy atom. The second-order valence-corrected chi connectivity index (χ2v) is 11.1. The maximum absolute atomic E-state index is 2.67. The molecule has 34 heavy (non-hydrogen) atoms. The van der Waals surface area contributed by atoms with Crippen LogP contribution >= 0.6 is 0 Å². The number of unbranched alkanes of at least 4 members (excludes halogenated alkanes) is 20. The molecule has 0 saturated heterocycles. The van der Waals surface area contributed by atoms with E-state index in [0.29, 0.717) is 6.17 Å². The molecule has 0 aromatic carbocycles. The van der Waals surface area contributed by atoms with Crippen LogP contribution in [0.2, 0.25) is 0 Å². The highest BCUT2D eigenvalue weighted by Gasteiger charge is 2.24. The fraction of sp³-hybridized carbons (Fsp3) is 0.938. The van der Waals surface area contributed by atoms with Gasteiger partial charge in [-0.25, -0.2) is 0 Å². The first-order valence-corrected chi connectivity index (χ1v) is 16.0. The molecular formula is C32H64N2. The number of nitrogens with zero attached hydrogens (tertiary/aromatic N) is 2. The molecule has 0 aliphatic carbocycles. The molecule has 1 aliphatic heterocycles. The van der Waals surface area contributed by atoms with Crippen LogP contribution in [-0.4, -0.2) is 29.1 Å². The predicted molar refractivity (Wildman–Crippen MR) is 154 cm³/mol. The topological polar surface area (TPSA) is 6.48 Å². The van der Waals surface area contributed by atoms with Crippen molar-refractivity contribution in [3.8, 4) is 0 Å². The van der Waals surface area contributed by atoms with Crippen LogP contribution in [0.25, 0.3) is 0 Å². The maximum Gasteiger partial charge on any atom is 0.101 e. The molecule has 0 spiro atoms. The summed E-state index contributed by atoms with van der Waals surface area (Å²) >= 11 is 0. The van der Waals surface area contributed by atoms with Crippen molar-refractivity contribution in [1.82, 2.24) is 9.80 Å². The molecule has 0 saturated carbocycles. The summed E-state index contributed by atoms with van der Waals surface area (Å²) in [5.74, 6) is 0. The lowest BCUT2D eigenvalue weighted by atomic mass is 10.1. The van der Waals surface area contributed by atoms with Gasteiger partial charge in [-0.3, -0.25) is 0 Å². The molecule has 0 N–H and O–H groups in total. The van der Waals surface area contributed by atoms with E-state index in [1.807, 2.05) is 0 Å². The van der Waals surface area contributed by atoms with E-state index < -0.39 is 0 Å². The van der Waals surface area contributed by atoms with E-state index >= 15 is 0 Å². The fourth-order valence-electron chi connectivity index (χ4n) is 5.47. The molecule has 0 radical (unpaired) electrons. The SMILES string of the molecule is CCCCCCCCCCCCCCN1C=CN(CCCCCCCCCCC)C1CCCC. The molecule has 0 amide bonds. The van der Waals surface area contributed by atoms with E-state index in [1.165, 1.54) is 167 Å². The summed E-state index contributed by atoms with van der Waals surface area (Å²) in [5.41, 5.74) is 0. The molecule has 0 bridgehead atoms. The number of hydrogen-bond donors (Lipinski definition) is 0. The molecular weight excluding hydrogens is 412 g/mol. The Morgan fingerprint density at radius 1 is 0.382 bits per heavy atom. The molecule has 1 unspecified atom stereocenters. The van der Waals surface area contributed by atoms with Crippen molar-refractivity contribution in [2.24, 2.45) is 0 Å². The van der Waals surface area contributed by atoms with Crippen LogP contribution in [0.4, 0.5) is 0 Å². The van der Waals surface area contributed by atoms with Crippen molar-refractivity contribution in [3.63, 3.8) is 0 Å². The van der Waals surface area contributed by atoms with Crippen LogP contribution in [0.1, 0.15) is 175 Å². The van der Waals surface area contributed by atoms with E-state index in [-0.39, 0.29) is 0 Å². The van der Waals surface area contributed by atoms with Gasteiger partial charge >= 0.3 is 0 Å². The summed E-state index contributed by atoms with van der Waals surface area (Å²) in [5, 5.41) is 0. The highest BCUT2D eigenvalue weighted by molar-refractivity contribution is 4.96. The van der Waals surface area contributed by atoms with Gasteiger partial charge in [-0.05, 0) is 25.7 Å². The van der Waals surface area contributed by atoms with Crippen LogP contribution in [0, 0.1) is 0 Å².